The van der Waals surface area contributed by atoms with Crippen LogP contribution in [0, 0.1) is 6.92 Å². The highest BCUT2D eigenvalue weighted by atomic mass is 35.5. The zero-order valence-corrected chi connectivity index (χ0v) is 11.3. The molecular formula is C14H12Cl2O2. The lowest BCUT2D eigenvalue weighted by molar-refractivity contribution is 0.275. The fraction of sp³-hybridized carbons (Fsp3) is 0.0714. The van der Waals surface area contributed by atoms with Crippen LogP contribution in [-0.2, 0) is 0 Å². The Morgan fingerprint density at radius 3 is 1.83 bits per heavy atom. The molecule has 2 rings (SSSR count). The Kier molecular flexibility index (Phi) is 6.26. The van der Waals surface area contributed by atoms with Gasteiger partial charge in [-0.25, -0.2) is 0 Å². The molecular weight excluding hydrogens is 271 g/mol. The standard InChI is InChI=1S/C13H12O.CCl2O/c1-11-7-9-13(10-8-11)14-12-5-3-2-4-6-12;2-1(3)4/h2-10H,1H3;. The topological polar surface area (TPSA) is 26.3 Å². The SMILES string of the molecule is Cc1ccc(Oc2ccccc2)cc1.O=C(Cl)Cl. The van der Waals surface area contributed by atoms with Crippen molar-refractivity contribution in [1.29, 1.82) is 0 Å². The normalized spacial score (nSPS) is 9.06. The van der Waals surface area contributed by atoms with Crippen molar-refractivity contribution in [2.24, 2.45) is 0 Å². The molecule has 0 unspecified atom stereocenters. The van der Waals surface area contributed by atoms with Crippen molar-refractivity contribution in [2.75, 3.05) is 0 Å². The third-order valence-electron chi connectivity index (χ3n) is 2.00. The van der Waals surface area contributed by atoms with Crippen LogP contribution in [0.25, 0.3) is 0 Å². The maximum Gasteiger partial charge on any atom is 0.313 e. The van der Waals surface area contributed by atoms with Gasteiger partial charge in [0.05, 0.1) is 0 Å². The third kappa shape index (κ3) is 6.28. The summed E-state index contributed by atoms with van der Waals surface area (Å²) in [5.74, 6) is 1.75. The number of halogens is 2. The van der Waals surface area contributed by atoms with Gasteiger partial charge in [-0.1, -0.05) is 35.9 Å². The van der Waals surface area contributed by atoms with Crippen molar-refractivity contribution in [3.8, 4) is 11.5 Å². The molecule has 2 aromatic rings. The van der Waals surface area contributed by atoms with E-state index in [1.807, 2.05) is 54.6 Å². The molecule has 0 aliphatic rings. The number of rotatable bonds is 2. The Labute approximate surface area is 116 Å². The van der Waals surface area contributed by atoms with E-state index in [2.05, 4.69) is 30.1 Å². The number of benzene rings is 2. The highest BCUT2D eigenvalue weighted by Gasteiger charge is 1.94. The van der Waals surface area contributed by atoms with Crippen molar-refractivity contribution < 1.29 is 9.53 Å². The zero-order chi connectivity index (χ0) is 13.4. The minimum absolute atomic E-state index is 0.872. The van der Waals surface area contributed by atoms with E-state index >= 15 is 0 Å². The van der Waals surface area contributed by atoms with E-state index in [0.29, 0.717) is 0 Å². The van der Waals surface area contributed by atoms with Gasteiger partial charge in [0.15, 0.2) is 0 Å². The average molecular weight is 283 g/mol. The molecule has 0 fully saturated rings. The summed E-state index contributed by atoms with van der Waals surface area (Å²) in [6.07, 6.45) is 0. The second kappa shape index (κ2) is 7.75. The van der Waals surface area contributed by atoms with Crippen LogP contribution in [0.3, 0.4) is 0 Å². The molecule has 0 atom stereocenters. The number of para-hydroxylation sites is 1. The monoisotopic (exact) mass is 282 g/mol. The number of carbonyl (C=O) groups excluding carboxylic acids is 1. The van der Waals surface area contributed by atoms with Gasteiger partial charge in [0, 0.05) is 0 Å². The molecule has 0 amide bonds. The van der Waals surface area contributed by atoms with E-state index in [-0.39, 0.29) is 0 Å². The molecule has 4 heteroatoms. The highest BCUT2D eigenvalue weighted by Crippen LogP contribution is 2.20. The molecule has 0 aromatic heterocycles. The summed E-state index contributed by atoms with van der Waals surface area (Å²) in [5.41, 5.74) is 1.24. The summed E-state index contributed by atoms with van der Waals surface area (Å²) in [6.45, 7) is 2.06. The van der Waals surface area contributed by atoms with Crippen LogP contribution in [0.15, 0.2) is 54.6 Å². The average Bonchev–Trinajstić information content (AvgIpc) is 2.33. The van der Waals surface area contributed by atoms with Crippen molar-refractivity contribution >= 4 is 27.9 Å². The van der Waals surface area contributed by atoms with Crippen molar-refractivity contribution in [1.82, 2.24) is 0 Å². The molecule has 0 radical (unpaired) electrons. The lowest BCUT2D eigenvalue weighted by Crippen LogP contribution is -1.82. The Morgan fingerprint density at radius 2 is 1.33 bits per heavy atom. The fourth-order valence-electron chi connectivity index (χ4n) is 1.23. The summed E-state index contributed by atoms with van der Waals surface area (Å²) < 4.78 is 4.74. The van der Waals surface area contributed by atoms with Crippen molar-refractivity contribution in [2.45, 2.75) is 6.92 Å². The molecule has 0 aliphatic heterocycles. The number of hydrogen-bond acceptors (Lipinski definition) is 2. The van der Waals surface area contributed by atoms with E-state index in [1.54, 1.807) is 0 Å². The van der Waals surface area contributed by atoms with E-state index in [1.165, 1.54) is 5.56 Å². The molecule has 2 aromatic carbocycles. The van der Waals surface area contributed by atoms with Crippen molar-refractivity contribution in [3.05, 3.63) is 60.2 Å². The van der Waals surface area contributed by atoms with Crippen LogP contribution in [-0.4, -0.2) is 4.70 Å². The molecule has 18 heavy (non-hydrogen) atoms. The van der Waals surface area contributed by atoms with Gasteiger partial charge >= 0.3 is 4.70 Å². The molecule has 0 N–H and O–H groups in total. The molecule has 0 heterocycles. The van der Waals surface area contributed by atoms with Crippen LogP contribution in [0.5, 0.6) is 11.5 Å². The molecule has 94 valence electrons. The number of aryl methyl sites for hydroxylation is 1. The molecule has 0 aliphatic carbocycles. The van der Waals surface area contributed by atoms with E-state index in [0.717, 1.165) is 11.5 Å². The van der Waals surface area contributed by atoms with Crippen molar-refractivity contribution in [3.63, 3.8) is 0 Å². The predicted octanol–water partition coefficient (Wildman–Crippen LogP) is 5.37. The van der Waals surface area contributed by atoms with E-state index in [9.17, 15) is 0 Å². The molecule has 0 saturated heterocycles. The van der Waals surface area contributed by atoms with Gasteiger partial charge in [0.1, 0.15) is 11.5 Å². The zero-order valence-electron chi connectivity index (χ0n) is 9.77. The molecule has 2 nitrogen and oxygen atoms in total. The third-order valence-corrected chi connectivity index (χ3v) is 2.00. The van der Waals surface area contributed by atoms with Gasteiger partial charge in [-0.2, -0.15) is 0 Å². The molecule has 0 bridgehead atoms. The summed E-state index contributed by atoms with van der Waals surface area (Å²) in [7, 11) is 0. The van der Waals surface area contributed by atoms with Crippen LogP contribution in [0.2, 0.25) is 0 Å². The van der Waals surface area contributed by atoms with Gasteiger partial charge in [0.25, 0.3) is 0 Å². The van der Waals surface area contributed by atoms with Crippen LogP contribution >= 0.6 is 23.2 Å². The largest absolute Gasteiger partial charge is 0.457 e. The van der Waals surface area contributed by atoms with Crippen LogP contribution in [0.4, 0.5) is 4.79 Å². The first-order valence-corrected chi connectivity index (χ1v) is 5.98. The first kappa shape index (κ1) is 14.6. The Hall–Kier alpha value is -1.51. The summed E-state index contributed by atoms with van der Waals surface area (Å²) in [4.78, 5) is 8.98. The maximum atomic E-state index is 8.98. The van der Waals surface area contributed by atoms with Gasteiger partial charge < -0.3 is 4.74 Å². The highest BCUT2D eigenvalue weighted by molar-refractivity contribution is 6.93. The van der Waals surface area contributed by atoms with Gasteiger partial charge in [-0.05, 0) is 54.4 Å². The molecule has 0 saturated carbocycles. The number of ether oxygens (including phenoxy) is 1. The number of hydrogen-bond donors (Lipinski definition) is 0. The fourth-order valence-corrected chi connectivity index (χ4v) is 1.23. The predicted molar refractivity (Wildman–Crippen MR) is 74.8 cm³/mol. The Morgan fingerprint density at radius 1 is 0.889 bits per heavy atom. The first-order chi connectivity index (χ1) is 8.58. The smallest absolute Gasteiger partial charge is 0.313 e. The van der Waals surface area contributed by atoms with E-state index in [4.69, 9.17) is 9.53 Å². The van der Waals surface area contributed by atoms with E-state index < -0.39 is 4.70 Å². The lowest BCUT2D eigenvalue weighted by atomic mass is 10.2. The Bertz CT molecular complexity index is 477. The first-order valence-electron chi connectivity index (χ1n) is 5.22. The summed E-state index contributed by atoms with van der Waals surface area (Å²) in [5, 5.41) is 0. The quantitative estimate of drug-likeness (QED) is 0.692. The van der Waals surface area contributed by atoms with Gasteiger partial charge in [-0.15, -0.1) is 0 Å². The summed E-state index contributed by atoms with van der Waals surface area (Å²) in [6, 6.07) is 17.8. The second-order valence-electron chi connectivity index (χ2n) is 3.45. The maximum absolute atomic E-state index is 8.98. The van der Waals surface area contributed by atoms with Gasteiger partial charge in [-0.3, -0.25) is 4.79 Å². The van der Waals surface area contributed by atoms with Crippen LogP contribution < -0.4 is 4.74 Å². The summed E-state index contributed by atoms with van der Waals surface area (Å²) >= 11 is 8.80. The Balaban J connectivity index is 0.000000357. The minimum Gasteiger partial charge on any atom is -0.457 e. The lowest BCUT2D eigenvalue weighted by Gasteiger charge is -2.04. The van der Waals surface area contributed by atoms with Gasteiger partial charge in [0.2, 0.25) is 0 Å². The second-order valence-corrected chi connectivity index (χ2v) is 4.33. The molecule has 0 spiro atoms. The number of carbonyl (C=O) groups is 1. The minimum atomic E-state index is -0.889. The van der Waals surface area contributed by atoms with Crippen LogP contribution in [0.1, 0.15) is 5.56 Å².